The van der Waals surface area contributed by atoms with Crippen molar-refractivity contribution in [3.8, 4) is 11.5 Å². The van der Waals surface area contributed by atoms with Gasteiger partial charge in [-0.3, -0.25) is 4.79 Å². The van der Waals surface area contributed by atoms with Crippen LogP contribution in [0.3, 0.4) is 0 Å². The van der Waals surface area contributed by atoms with Gasteiger partial charge in [0.15, 0.2) is 11.5 Å². The molecule has 0 aromatic heterocycles. The molecule has 8 heteroatoms. The Labute approximate surface area is 163 Å². The lowest BCUT2D eigenvalue weighted by Crippen LogP contribution is -2.39. The highest BCUT2D eigenvalue weighted by Gasteiger charge is 2.50. The highest BCUT2D eigenvalue weighted by molar-refractivity contribution is 7.85. The number of nitrogens with zero attached hydrogens (tertiary/aromatic N) is 1. The minimum absolute atomic E-state index is 0.115. The fourth-order valence-electron chi connectivity index (χ4n) is 3.64. The van der Waals surface area contributed by atoms with E-state index in [9.17, 15) is 13.2 Å². The largest absolute Gasteiger partial charge is 0.493 e. The lowest BCUT2D eigenvalue weighted by molar-refractivity contribution is -0.147. The van der Waals surface area contributed by atoms with Gasteiger partial charge in [0.2, 0.25) is 0 Å². The third kappa shape index (κ3) is 2.80. The summed E-state index contributed by atoms with van der Waals surface area (Å²) in [7, 11) is -2.77. The molecule has 2 aromatic carbocycles. The number of hydrogen-bond acceptors (Lipinski definition) is 6. The summed E-state index contributed by atoms with van der Waals surface area (Å²) in [5.74, 6) is -0.868. The SMILES string of the molecule is CCOC(=O)[C@@H]1C=C2c3cccc(OC)c3OS(=O)(=O)N2[C@H]1c1ccccc1. The summed E-state index contributed by atoms with van der Waals surface area (Å²) in [5, 5.41) is 0. The molecule has 4 rings (SSSR count). The number of benzene rings is 2. The van der Waals surface area contributed by atoms with Gasteiger partial charge in [0, 0.05) is 5.56 Å². The summed E-state index contributed by atoms with van der Waals surface area (Å²) in [6, 6.07) is 13.3. The quantitative estimate of drug-likeness (QED) is 0.733. The lowest BCUT2D eigenvalue weighted by atomic mass is 9.95. The monoisotopic (exact) mass is 401 g/mol. The molecule has 0 saturated heterocycles. The van der Waals surface area contributed by atoms with Crippen LogP contribution in [0.5, 0.6) is 11.5 Å². The van der Waals surface area contributed by atoms with Crippen LogP contribution in [0.2, 0.25) is 0 Å². The number of carbonyl (C=O) groups is 1. The van der Waals surface area contributed by atoms with Crippen molar-refractivity contribution in [3.05, 3.63) is 65.7 Å². The molecule has 0 saturated carbocycles. The maximum atomic E-state index is 13.1. The Morgan fingerprint density at radius 1 is 1.14 bits per heavy atom. The number of esters is 1. The second-order valence-electron chi connectivity index (χ2n) is 6.36. The molecule has 146 valence electrons. The number of carbonyl (C=O) groups excluding carboxylic acids is 1. The van der Waals surface area contributed by atoms with Crippen molar-refractivity contribution in [3.63, 3.8) is 0 Å². The third-order valence-corrected chi connectivity index (χ3v) is 6.05. The molecule has 0 unspecified atom stereocenters. The second kappa shape index (κ2) is 6.87. The summed E-state index contributed by atoms with van der Waals surface area (Å²) in [5.41, 5.74) is 1.60. The van der Waals surface area contributed by atoms with Gasteiger partial charge in [-0.2, -0.15) is 8.42 Å². The van der Waals surface area contributed by atoms with E-state index in [4.69, 9.17) is 13.7 Å². The lowest BCUT2D eigenvalue weighted by Gasteiger charge is -2.34. The van der Waals surface area contributed by atoms with Crippen LogP contribution in [-0.4, -0.2) is 32.4 Å². The molecule has 2 atom stereocenters. The Bertz CT molecular complexity index is 1050. The molecule has 2 heterocycles. The molecule has 7 nitrogen and oxygen atoms in total. The van der Waals surface area contributed by atoms with Crippen LogP contribution in [0.25, 0.3) is 5.70 Å². The maximum absolute atomic E-state index is 13.1. The van der Waals surface area contributed by atoms with Crippen molar-refractivity contribution >= 4 is 22.0 Å². The highest BCUT2D eigenvalue weighted by Crippen LogP contribution is 2.52. The van der Waals surface area contributed by atoms with Crippen molar-refractivity contribution in [2.45, 2.75) is 13.0 Å². The van der Waals surface area contributed by atoms with Gasteiger partial charge in [-0.25, -0.2) is 4.31 Å². The average molecular weight is 401 g/mol. The predicted molar refractivity (Wildman–Crippen MR) is 102 cm³/mol. The number of methoxy groups -OCH3 is 1. The van der Waals surface area contributed by atoms with Crippen molar-refractivity contribution in [1.29, 1.82) is 0 Å². The molecule has 0 radical (unpaired) electrons. The van der Waals surface area contributed by atoms with Crippen molar-refractivity contribution in [2.75, 3.05) is 13.7 Å². The van der Waals surface area contributed by atoms with Gasteiger partial charge in [-0.1, -0.05) is 36.4 Å². The Morgan fingerprint density at radius 3 is 2.57 bits per heavy atom. The van der Waals surface area contributed by atoms with Crippen LogP contribution < -0.4 is 8.92 Å². The summed E-state index contributed by atoms with van der Waals surface area (Å²) < 4.78 is 43.1. The standard InChI is InChI=1S/C20H19NO6S/c1-3-26-20(22)15-12-16-14-10-7-11-17(25-2)19(14)27-28(23,24)21(16)18(15)13-8-5-4-6-9-13/h4-12,15,18H,3H2,1-2H3/t15-,18+/m1/s1. The average Bonchev–Trinajstić information content (AvgIpc) is 3.10. The molecule has 0 amide bonds. The molecule has 0 bridgehead atoms. The van der Waals surface area contributed by atoms with Crippen LogP contribution in [-0.2, 0) is 19.8 Å². The smallest absolute Gasteiger partial charge is 0.410 e. The molecule has 0 aliphatic carbocycles. The zero-order valence-electron chi connectivity index (χ0n) is 15.4. The summed E-state index contributed by atoms with van der Waals surface area (Å²) in [4.78, 5) is 12.7. The van der Waals surface area contributed by atoms with E-state index in [2.05, 4.69) is 0 Å². The first kappa shape index (κ1) is 18.4. The van der Waals surface area contributed by atoms with Crippen molar-refractivity contribution in [1.82, 2.24) is 4.31 Å². The minimum atomic E-state index is -4.21. The Hall–Kier alpha value is -3.00. The van der Waals surface area contributed by atoms with Crippen LogP contribution >= 0.6 is 0 Å². The molecule has 2 aliphatic rings. The molecule has 2 aliphatic heterocycles. The second-order valence-corrected chi connectivity index (χ2v) is 7.77. The molecule has 28 heavy (non-hydrogen) atoms. The molecular weight excluding hydrogens is 382 g/mol. The molecule has 2 aromatic rings. The van der Waals surface area contributed by atoms with Crippen molar-refractivity contribution < 1.29 is 26.9 Å². The van der Waals surface area contributed by atoms with E-state index >= 15 is 0 Å². The number of para-hydroxylation sites is 1. The van der Waals surface area contributed by atoms with Gasteiger partial charge in [0.1, 0.15) is 5.92 Å². The van der Waals surface area contributed by atoms with E-state index in [0.717, 1.165) is 4.31 Å². The minimum Gasteiger partial charge on any atom is -0.493 e. The van der Waals surface area contributed by atoms with Gasteiger partial charge in [-0.15, -0.1) is 0 Å². The molecule has 0 N–H and O–H groups in total. The van der Waals surface area contributed by atoms with Gasteiger partial charge in [0.05, 0.1) is 25.5 Å². The molecular formula is C20H19NO6S. The van der Waals surface area contributed by atoms with Gasteiger partial charge in [0.25, 0.3) is 0 Å². The van der Waals surface area contributed by atoms with Crippen molar-refractivity contribution in [2.24, 2.45) is 5.92 Å². The van der Waals surface area contributed by atoms with Gasteiger partial charge >= 0.3 is 16.3 Å². The Kier molecular flexibility index (Phi) is 4.50. The summed E-state index contributed by atoms with van der Waals surface area (Å²) >= 11 is 0. The number of hydrogen-bond donors (Lipinski definition) is 0. The van der Waals surface area contributed by atoms with Crippen LogP contribution in [0.1, 0.15) is 24.1 Å². The highest BCUT2D eigenvalue weighted by atomic mass is 32.2. The molecule has 0 spiro atoms. The van der Waals surface area contributed by atoms with E-state index < -0.39 is 28.2 Å². The van der Waals surface area contributed by atoms with E-state index in [1.807, 2.05) is 6.07 Å². The first-order valence-electron chi connectivity index (χ1n) is 8.82. The summed E-state index contributed by atoms with van der Waals surface area (Å²) in [6.45, 7) is 1.92. The topological polar surface area (TPSA) is 82.1 Å². The number of ether oxygens (including phenoxy) is 2. The Morgan fingerprint density at radius 2 is 1.89 bits per heavy atom. The van der Waals surface area contributed by atoms with Gasteiger partial charge < -0.3 is 13.7 Å². The van der Waals surface area contributed by atoms with Crippen LogP contribution in [0, 0.1) is 5.92 Å². The number of fused-ring (bicyclic) bond motifs is 3. The maximum Gasteiger partial charge on any atom is 0.410 e. The van der Waals surface area contributed by atoms with E-state index in [1.165, 1.54) is 7.11 Å². The fraction of sp³-hybridized carbons (Fsp3) is 0.250. The van der Waals surface area contributed by atoms with Crippen LogP contribution in [0.4, 0.5) is 0 Å². The van der Waals surface area contributed by atoms with E-state index in [-0.39, 0.29) is 12.4 Å². The zero-order chi connectivity index (χ0) is 19.9. The summed E-state index contributed by atoms with van der Waals surface area (Å²) in [6.07, 6.45) is 1.63. The Balaban J connectivity index is 1.92. The first-order valence-corrected chi connectivity index (χ1v) is 10.2. The zero-order valence-corrected chi connectivity index (χ0v) is 16.2. The fourth-order valence-corrected chi connectivity index (χ4v) is 5.03. The predicted octanol–water partition coefficient (Wildman–Crippen LogP) is 2.91. The van der Waals surface area contributed by atoms with E-state index in [1.54, 1.807) is 55.5 Å². The van der Waals surface area contributed by atoms with E-state index in [0.29, 0.717) is 22.6 Å². The first-order chi connectivity index (χ1) is 13.5. The normalized spacial score (nSPS) is 21.8. The van der Waals surface area contributed by atoms with Crippen LogP contribution in [0.15, 0.2) is 54.6 Å². The molecule has 0 fully saturated rings. The van der Waals surface area contributed by atoms with Gasteiger partial charge in [-0.05, 0) is 30.7 Å². The number of rotatable bonds is 4. The third-order valence-electron chi connectivity index (χ3n) is 4.77.